The number of carbonyl (C=O) groups excluding carboxylic acids is 1. The van der Waals surface area contributed by atoms with E-state index in [4.69, 9.17) is 4.52 Å². The number of aromatic nitrogens is 2. The number of amides is 1. The zero-order valence-electron chi connectivity index (χ0n) is 12.5. The largest absolute Gasteiger partial charge is 0.355 e. The van der Waals surface area contributed by atoms with Crippen LogP contribution in [0.25, 0.3) is 11.5 Å². The zero-order chi connectivity index (χ0) is 15.2. The highest BCUT2D eigenvalue weighted by atomic mass is 16.5. The molecular formula is C16H20N4O2. The molecule has 22 heavy (non-hydrogen) atoms. The summed E-state index contributed by atoms with van der Waals surface area (Å²) in [4.78, 5) is 18.3. The molecule has 0 saturated carbocycles. The molecule has 1 aliphatic heterocycles. The van der Waals surface area contributed by atoms with Crippen LogP contribution in [0.4, 0.5) is 0 Å². The van der Waals surface area contributed by atoms with Crippen LogP contribution in [0.1, 0.15) is 18.7 Å². The quantitative estimate of drug-likeness (QED) is 0.875. The lowest BCUT2D eigenvalue weighted by Crippen LogP contribution is -2.36. The van der Waals surface area contributed by atoms with Crippen molar-refractivity contribution < 1.29 is 9.32 Å². The number of carbonyl (C=O) groups is 1. The summed E-state index contributed by atoms with van der Waals surface area (Å²) in [6.45, 7) is 3.07. The lowest BCUT2D eigenvalue weighted by molar-refractivity contribution is -0.121. The second kappa shape index (κ2) is 7.17. The van der Waals surface area contributed by atoms with Crippen LogP contribution in [0.15, 0.2) is 34.9 Å². The first kappa shape index (κ1) is 14.7. The van der Waals surface area contributed by atoms with Crippen molar-refractivity contribution in [2.75, 3.05) is 26.2 Å². The topological polar surface area (TPSA) is 71.3 Å². The highest BCUT2D eigenvalue weighted by Gasteiger charge is 2.15. The molecule has 0 spiro atoms. The Balaban J connectivity index is 1.44. The molecule has 1 aromatic carbocycles. The summed E-state index contributed by atoms with van der Waals surface area (Å²) in [5.41, 5.74) is 0.902. The van der Waals surface area contributed by atoms with Crippen LogP contribution in [0.3, 0.4) is 0 Å². The minimum absolute atomic E-state index is 0.0636. The van der Waals surface area contributed by atoms with Crippen molar-refractivity contribution in [2.45, 2.75) is 19.3 Å². The molecule has 1 N–H and O–H groups in total. The summed E-state index contributed by atoms with van der Waals surface area (Å²) in [5.74, 6) is 1.19. The first-order chi connectivity index (χ1) is 10.8. The van der Waals surface area contributed by atoms with Crippen LogP contribution in [-0.4, -0.2) is 47.1 Å². The normalized spacial score (nSPS) is 15.1. The third kappa shape index (κ3) is 3.92. The standard InChI is InChI=1S/C16H20N4O2/c21-15(12-20-10-4-5-11-20)17-9-8-14-18-16(22-19-14)13-6-2-1-3-7-13/h1-3,6-7H,4-5,8-12H2,(H,17,21). The lowest BCUT2D eigenvalue weighted by atomic mass is 10.2. The van der Waals surface area contributed by atoms with Crippen LogP contribution in [-0.2, 0) is 11.2 Å². The third-order valence-corrected chi connectivity index (χ3v) is 3.73. The second-order valence-electron chi connectivity index (χ2n) is 5.46. The number of benzene rings is 1. The Labute approximate surface area is 129 Å². The first-order valence-electron chi connectivity index (χ1n) is 7.68. The fraction of sp³-hybridized carbons (Fsp3) is 0.438. The minimum Gasteiger partial charge on any atom is -0.355 e. The number of hydrogen-bond donors (Lipinski definition) is 1. The Bertz CT molecular complexity index is 606. The predicted molar refractivity (Wildman–Crippen MR) is 82.1 cm³/mol. The molecule has 0 bridgehead atoms. The molecule has 0 radical (unpaired) electrons. The molecule has 1 aromatic heterocycles. The molecule has 116 valence electrons. The summed E-state index contributed by atoms with van der Waals surface area (Å²) in [6.07, 6.45) is 2.96. The van der Waals surface area contributed by atoms with Gasteiger partial charge in [0.2, 0.25) is 5.91 Å². The van der Waals surface area contributed by atoms with Gasteiger partial charge in [-0.2, -0.15) is 4.98 Å². The number of nitrogens with one attached hydrogen (secondary N) is 1. The summed E-state index contributed by atoms with van der Waals surface area (Å²) in [6, 6.07) is 9.65. The van der Waals surface area contributed by atoms with Crippen molar-refractivity contribution in [1.29, 1.82) is 0 Å². The van der Waals surface area contributed by atoms with Crippen molar-refractivity contribution in [1.82, 2.24) is 20.4 Å². The maximum atomic E-state index is 11.8. The monoisotopic (exact) mass is 300 g/mol. The number of hydrogen-bond acceptors (Lipinski definition) is 5. The van der Waals surface area contributed by atoms with Crippen LogP contribution in [0.2, 0.25) is 0 Å². The van der Waals surface area contributed by atoms with Crippen molar-refractivity contribution in [3.63, 3.8) is 0 Å². The molecular weight excluding hydrogens is 280 g/mol. The van der Waals surface area contributed by atoms with Gasteiger partial charge in [0.05, 0.1) is 6.54 Å². The number of likely N-dealkylation sites (tertiary alicyclic amines) is 1. The summed E-state index contributed by atoms with van der Waals surface area (Å²) in [7, 11) is 0. The highest BCUT2D eigenvalue weighted by Crippen LogP contribution is 2.15. The van der Waals surface area contributed by atoms with Gasteiger partial charge >= 0.3 is 0 Å². The van der Waals surface area contributed by atoms with Crippen molar-refractivity contribution >= 4 is 5.91 Å². The molecule has 1 amide bonds. The van der Waals surface area contributed by atoms with Crippen molar-refractivity contribution in [3.8, 4) is 11.5 Å². The van der Waals surface area contributed by atoms with Crippen LogP contribution in [0.5, 0.6) is 0 Å². The Morgan fingerprint density at radius 1 is 1.23 bits per heavy atom. The van der Waals surface area contributed by atoms with E-state index in [0.29, 0.717) is 31.2 Å². The van der Waals surface area contributed by atoms with E-state index < -0.39 is 0 Å². The van der Waals surface area contributed by atoms with Gasteiger partial charge in [-0.25, -0.2) is 0 Å². The molecule has 6 nitrogen and oxygen atoms in total. The predicted octanol–water partition coefficient (Wildman–Crippen LogP) is 1.49. The van der Waals surface area contributed by atoms with Crippen LogP contribution in [0, 0.1) is 0 Å². The van der Waals surface area contributed by atoms with Crippen molar-refractivity contribution in [3.05, 3.63) is 36.2 Å². The van der Waals surface area contributed by atoms with E-state index in [9.17, 15) is 4.79 Å². The Morgan fingerprint density at radius 2 is 2.00 bits per heavy atom. The van der Waals surface area contributed by atoms with Crippen LogP contribution < -0.4 is 5.32 Å². The van der Waals surface area contributed by atoms with Gasteiger partial charge in [0.25, 0.3) is 5.89 Å². The van der Waals surface area contributed by atoms with Crippen molar-refractivity contribution in [2.24, 2.45) is 0 Å². The molecule has 2 aromatic rings. The molecule has 2 heterocycles. The SMILES string of the molecule is O=C(CN1CCCC1)NCCc1noc(-c2ccccc2)n1. The highest BCUT2D eigenvalue weighted by molar-refractivity contribution is 5.78. The molecule has 1 aliphatic rings. The average Bonchev–Trinajstić information content (AvgIpc) is 3.20. The van der Waals surface area contributed by atoms with Gasteiger partial charge < -0.3 is 9.84 Å². The van der Waals surface area contributed by atoms with Gasteiger partial charge in [0.1, 0.15) is 0 Å². The van der Waals surface area contributed by atoms with Gasteiger partial charge in [0.15, 0.2) is 5.82 Å². The summed E-state index contributed by atoms with van der Waals surface area (Å²) < 4.78 is 5.23. The maximum Gasteiger partial charge on any atom is 0.257 e. The summed E-state index contributed by atoms with van der Waals surface area (Å²) >= 11 is 0. The van der Waals surface area contributed by atoms with Gasteiger partial charge in [-0.05, 0) is 38.1 Å². The summed E-state index contributed by atoms with van der Waals surface area (Å²) in [5, 5.41) is 6.85. The van der Waals surface area contributed by atoms with E-state index in [-0.39, 0.29) is 5.91 Å². The second-order valence-corrected chi connectivity index (χ2v) is 5.46. The van der Waals surface area contributed by atoms with E-state index >= 15 is 0 Å². The van der Waals surface area contributed by atoms with Gasteiger partial charge in [-0.1, -0.05) is 23.4 Å². The van der Waals surface area contributed by atoms with Gasteiger partial charge in [0, 0.05) is 18.5 Å². The van der Waals surface area contributed by atoms with Gasteiger partial charge in [-0.15, -0.1) is 0 Å². The molecule has 0 aliphatic carbocycles. The average molecular weight is 300 g/mol. The van der Waals surface area contributed by atoms with E-state index in [0.717, 1.165) is 18.7 Å². The first-order valence-corrected chi connectivity index (χ1v) is 7.68. The number of nitrogens with zero attached hydrogens (tertiary/aromatic N) is 3. The smallest absolute Gasteiger partial charge is 0.257 e. The number of rotatable bonds is 6. The Morgan fingerprint density at radius 3 is 2.77 bits per heavy atom. The minimum atomic E-state index is 0.0636. The zero-order valence-corrected chi connectivity index (χ0v) is 12.5. The Kier molecular flexibility index (Phi) is 4.80. The fourth-order valence-corrected chi connectivity index (χ4v) is 2.57. The Hall–Kier alpha value is -2.21. The van der Waals surface area contributed by atoms with Crippen LogP contribution >= 0.6 is 0 Å². The van der Waals surface area contributed by atoms with E-state index in [1.807, 2.05) is 30.3 Å². The maximum absolute atomic E-state index is 11.8. The molecule has 1 fully saturated rings. The van der Waals surface area contributed by atoms with E-state index in [1.165, 1.54) is 12.8 Å². The van der Waals surface area contributed by atoms with E-state index in [1.54, 1.807) is 0 Å². The molecule has 0 unspecified atom stereocenters. The van der Waals surface area contributed by atoms with E-state index in [2.05, 4.69) is 20.4 Å². The molecule has 6 heteroatoms. The third-order valence-electron chi connectivity index (χ3n) is 3.73. The molecule has 0 atom stereocenters. The van der Waals surface area contributed by atoms with Gasteiger partial charge in [-0.3, -0.25) is 9.69 Å². The lowest BCUT2D eigenvalue weighted by Gasteiger charge is -2.13. The fourth-order valence-electron chi connectivity index (χ4n) is 2.57. The molecule has 1 saturated heterocycles. The molecule has 3 rings (SSSR count).